The number of benzene rings is 1. The molecular weight excluding hydrogens is 264 g/mol. The number of H-pyrrole nitrogens is 1. The molecule has 2 aromatic rings. The summed E-state index contributed by atoms with van der Waals surface area (Å²) in [7, 11) is 0. The van der Waals surface area contributed by atoms with Crippen LogP contribution in [0.15, 0.2) is 24.3 Å². The smallest absolute Gasteiger partial charge is 0.273 e. The van der Waals surface area contributed by atoms with Crippen LogP contribution in [-0.2, 0) is 6.42 Å². The van der Waals surface area contributed by atoms with Gasteiger partial charge in [-0.05, 0) is 31.0 Å². The van der Waals surface area contributed by atoms with E-state index in [2.05, 4.69) is 15.5 Å². The predicted molar refractivity (Wildman–Crippen MR) is 75.2 cm³/mol. The van der Waals surface area contributed by atoms with Crippen molar-refractivity contribution < 1.29 is 4.79 Å². The van der Waals surface area contributed by atoms with Crippen LogP contribution in [0.2, 0.25) is 5.02 Å². The lowest BCUT2D eigenvalue weighted by atomic mass is 10.1. The summed E-state index contributed by atoms with van der Waals surface area (Å²) in [5, 5.41) is 10.0. The van der Waals surface area contributed by atoms with E-state index in [1.54, 1.807) is 6.92 Å². The van der Waals surface area contributed by atoms with Gasteiger partial charge >= 0.3 is 0 Å². The van der Waals surface area contributed by atoms with Crippen LogP contribution in [0.3, 0.4) is 0 Å². The van der Waals surface area contributed by atoms with Crippen molar-refractivity contribution in [1.29, 1.82) is 0 Å². The Hall–Kier alpha value is -2.01. The Morgan fingerprint density at radius 2 is 2.32 bits per heavy atom. The highest BCUT2D eigenvalue weighted by atomic mass is 35.5. The fourth-order valence-corrected chi connectivity index (χ4v) is 1.92. The quantitative estimate of drug-likeness (QED) is 0.799. The predicted octanol–water partition coefficient (Wildman–Crippen LogP) is 1.93. The molecule has 1 aromatic carbocycles. The number of nitrogen functional groups attached to an aromatic ring is 1. The Balaban J connectivity index is 1.89. The molecule has 0 unspecified atom stereocenters. The third-order valence-electron chi connectivity index (χ3n) is 2.80. The number of amides is 1. The molecule has 0 radical (unpaired) electrons. The maximum atomic E-state index is 11.8. The van der Waals surface area contributed by atoms with E-state index in [0.717, 1.165) is 5.56 Å². The van der Waals surface area contributed by atoms with E-state index >= 15 is 0 Å². The van der Waals surface area contributed by atoms with Crippen LogP contribution in [-0.4, -0.2) is 22.6 Å². The molecule has 0 aliphatic carbocycles. The number of aromatic nitrogens is 2. The first-order valence-electron chi connectivity index (χ1n) is 5.91. The van der Waals surface area contributed by atoms with Gasteiger partial charge in [-0.1, -0.05) is 23.7 Å². The molecule has 0 aliphatic rings. The molecule has 0 atom stereocenters. The van der Waals surface area contributed by atoms with Gasteiger partial charge < -0.3 is 11.1 Å². The lowest BCUT2D eigenvalue weighted by Gasteiger charge is -2.04. The summed E-state index contributed by atoms with van der Waals surface area (Å²) in [4.78, 5) is 11.8. The summed E-state index contributed by atoms with van der Waals surface area (Å²) < 4.78 is 0. The van der Waals surface area contributed by atoms with E-state index in [1.807, 2.05) is 24.3 Å². The largest absolute Gasteiger partial charge is 0.395 e. The van der Waals surface area contributed by atoms with Crippen LogP contribution in [0.25, 0.3) is 0 Å². The number of aryl methyl sites for hydroxylation is 1. The van der Waals surface area contributed by atoms with Crippen molar-refractivity contribution in [3.8, 4) is 0 Å². The molecule has 19 heavy (non-hydrogen) atoms. The number of carbonyl (C=O) groups excluding carboxylic acids is 1. The lowest BCUT2D eigenvalue weighted by Crippen LogP contribution is -2.26. The first-order chi connectivity index (χ1) is 9.08. The highest BCUT2D eigenvalue weighted by Gasteiger charge is 2.14. The molecular formula is C13H15ClN4O. The highest BCUT2D eigenvalue weighted by Crippen LogP contribution is 2.12. The molecule has 0 bridgehead atoms. The molecule has 2 rings (SSSR count). The van der Waals surface area contributed by atoms with Gasteiger partial charge in [-0.25, -0.2) is 0 Å². The van der Waals surface area contributed by atoms with Gasteiger partial charge in [-0.2, -0.15) is 5.10 Å². The van der Waals surface area contributed by atoms with E-state index < -0.39 is 0 Å². The van der Waals surface area contributed by atoms with Gasteiger partial charge in [0.15, 0.2) is 5.69 Å². The molecule has 4 N–H and O–H groups in total. The summed E-state index contributed by atoms with van der Waals surface area (Å²) in [6.45, 7) is 2.27. The van der Waals surface area contributed by atoms with Gasteiger partial charge in [0.2, 0.25) is 0 Å². The van der Waals surface area contributed by atoms with Crippen LogP contribution in [0.5, 0.6) is 0 Å². The van der Waals surface area contributed by atoms with Crippen molar-refractivity contribution in [2.45, 2.75) is 13.3 Å². The molecule has 0 saturated carbocycles. The summed E-state index contributed by atoms with van der Waals surface area (Å²) >= 11 is 5.89. The monoisotopic (exact) mass is 278 g/mol. The molecule has 0 aliphatic heterocycles. The molecule has 0 saturated heterocycles. The second kappa shape index (κ2) is 5.75. The SMILES string of the molecule is Cc1[nH]nc(C(=O)NCCc2cccc(Cl)c2)c1N. The third-order valence-corrected chi connectivity index (χ3v) is 3.03. The summed E-state index contributed by atoms with van der Waals surface area (Å²) in [5.41, 5.74) is 8.13. The zero-order valence-electron chi connectivity index (χ0n) is 10.5. The number of rotatable bonds is 4. The molecule has 1 aromatic heterocycles. The first kappa shape index (κ1) is 13.4. The van der Waals surface area contributed by atoms with Gasteiger partial charge in [0.25, 0.3) is 5.91 Å². The van der Waals surface area contributed by atoms with Crippen LogP contribution in [0.1, 0.15) is 21.7 Å². The van der Waals surface area contributed by atoms with Crippen LogP contribution >= 0.6 is 11.6 Å². The number of nitrogens with one attached hydrogen (secondary N) is 2. The molecule has 6 heteroatoms. The zero-order valence-corrected chi connectivity index (χ0v) is 11.3. The highest BCUT2D eigenvalue weighted by molar-refractivity contribution is 6.30. The van der Waals surface area contributed by atoms with E-state index in [9.17, 15) is 4.79 Å². The minimum absolute atomic E-state index is 0.239. The van der Waals surface area contributed by atoms with Crippen molar-refractivity contribution in [2.75, 3.05) is 12.3 Å². The van der Waals surface area contributed by atoms with E-state index in [4.69, 9.17) is 17.3 Å². The second-order valence-corrected chi connectivity index (χ2v) is 4.68. The Morgan fingerprint density at radius 3 is 2.95 bits per heavy atom. The Bertz CT molecular complexity index is 594. The molecule has 0 spiro atoms. The average molecular weight is 279 g/mol. The van der Waals surface area contributed by atoms with E-state index in [1.165, 1.54) is 0 Å². The van der Waals surface area contributed by atoms with E-state index in [-0.39, 0.29) is 11.6 Å². The van der Waals surface area contributed by atoms with Crippen molar-refractivity contribution in [1.82, 2.24) is 15.5 Å². The third kappa shape index (κ3) is 3.26. The lowest BCUT2D eigenvalue weighted by molar-refractivity contribution is 0.0950. The minimum Gasteiger partial charge on any atom is -0.395 e. The maximum absolute atomic E-state index is 11.8. The standard InChI is InChI=1S/C13H15ClN4O/c1-8-11(15)12(18-17-8)13(19)16-6-5-9-3-2-4-10(14)7-9/h2-4,7H,5-6,15H2,1H3,(H,16,19)(H,17,18). The summed E-state index contributed by atoms with van der Waals surface area (Å²) in [6, 6.07) is 7.54. The van der Waals surface area contributed by atoms with Crippen LogP contribution in [0, 0.1) is 6.92 Å². The van der Waals surface area contributed by atoms with Gasteiger partial charge in [-0.3, -0.25) is 9.89 Å². The number of aromatic amines is 1. The topological polar surface area (TPSA) is 83.8 Å². The fourth-order valence-electron chi connectivity index (χ4n) is 1.71. The summed E-state index contributed by atoms with van der Waals surface area (Å²) in [6.07, 6.45) is 0.704. The maximum Gasteiger partial charge on any atom is 0.273 e. The molecule has 1 amide bonds. The fraction of sp³-hybridized carbons (Fsp3) is 0.231. The van der Waals surface area contributed by atoms with Crippen molar-refractivity contribution in [3.05, 3.63) is 46.2 Å². The molecule has 1 heterocycles. The van der Waals surface area contributed by atoms with Crippen LogP contribution in [0.4, 0.5) is 5.69 Å². The van der Waals surface area contributed by atoms with Crippen molar-refractivity contribution in [3.63, 3.8) is 0 Å². The Morgan fingerprint density at radius 1 is 1.53 bits per heavy atom. The van der Waals surface area contributed by atoms with Gasteiger partial charge in [0, 0.05) is 11.6 Å². The Kier molecular flexibility index (Phi) is 4.06. The van der Waals surface area contributed by atoms with Gasteiger partial charge in [0.05, 0.1) is 11.4 Å². The molecule has 0 fully saturated rings. The molecule has 100 valence electrons. The normalized spacial score (nSPS) is 10.4. The number of carbonyl (C=O) groups is 1. The number of hydrogen-bond acceptors (Lipinski definition) is 3. The summed E-state index contributed by atoms with van der Waals surface area (Å²) in [5.74, 6) is -0.274. The minimum atomic E-state index is -0.274. The molecule has 5 nitrogen and oxygen atoms in total. The van der Waals surface area contributed by atoms with Gasteiger partial charge in [0.1, 0.15) is 0 Å². The number of nitrogens with two attached hydrogens (primary N) is 1. The Labute approximate surface area is 116 Å². The zero-order chi connectivity index (χ0) is 13.8. The number of anilines is 1. The average Bonchev–Trinajstić information content (AvgIpc) is 2.70. The second-order valence-electron chi connectivity index (χ2n) is 4.25. The van der Waals surface area contributed by atoms with Crippen LogP contribution < -0.4 is 11.1 Å². The van der Waals surface area contributed by atoms with Gasteiger partial charge in [-0.15, -0.1) is 0 Å². The number of halogens is 1. The van der Waals surface area contributed by atoms with Crippen molar-refractivity contribution in [2.24, 2.45) is 0 Å². The number of nitrogens with zero attached hydrogens (tertiary/aromatic N) is 1. The first-order valence-corrected chi connectivity index (χ1v) is 6.29. The number of hydrogen-bond donors (Lipinski definition) is 3. The van der Waals surface area contributed by atoms with Crippen molar-refractivity contribution >= 4 is 23.2 Å². The van der Waals surface area contributed by atoms with E-state index in [0.29, 0.717) is 29.4 Å².